The van der Waals surface area contributed by atoms with Crippen molar-refractivity contribution in [2.45, 2.75) is 43.6 Å². The topological polar surface area (TPSA) is 94.5 Å². The van der Waals surface area contributed by atoms with E-state index >= 15 is 0 Å². The molecule has 2 rings (SSSR count). The molecule has 0 fully saturated rings. The monoisotopic (exact) mass is 349 g/mol. The average molecular weight is 349 g/mol. The summed E-state index contributed by atoms with van der Waals surface area (Å²) < 4.78 is 0. The van der Waals surface area contributed by atoms with Gasteiger partial charge in [-0.25, -0.2) is 4.98 Å². The highest BCUT2D eigenvalue weighted by molar-refractivity contribution is 8.00. The van der Waals surface area contributed by atoms with Crippen molar-refractivity contribution < 1.29 is 4.79 Å². The smallest absolute Gasteiger partial charge is 0.234 e. The summed E-state index contributed by atoms with van der Waals surface area (Å²) in [7, 11) is 0. The molecule has 0 aliphatic carbocycles. The Morgan fingerprint density at radius 1 is 1.52 bits per heavy atom. The largest absolute Gasteiger partial charge is 0.337 e. The van der Waals surface area contributed by atoms with E-state index < -0.39 is 10.8 Å². The molecule has 2 aromatic heterocycles. The number of nitrogens with zero attached hydrogens (tertiary/aromatic N) is 3. The van der Waals surface area contributed by atoms with Crippen molar-refractivity contribution in [2.75, 3.05) is 0 Å². The molecule has 8 heteroatoms. The number of H-pyrrole nitrogens is 1. The van der Waals surface area contributed by atoms with Crippen LogP contribution in [0, 0.1) is 17.2 Å². The minimum absolute atomic E-state index is 0.0163. The molecular formula is C15H19N5OS2. The molecule has 2 aromatic rings. The van der Waals surface area contributed by atoms with Crippen LogP contribution in [0.4, 0.5) is 0 Å². The zero-order valence-corrected chi connectivity index (χ0v) is 15.1. The molecule has 0 aromatic carbocycles. The number of nitriles is 1. The van der Waals surface area contributed by atoms with Gasteiger partial charge in [-0.05, 0) is 31.2 Å². The summed E-state index contributed by atoms with van der Waals surface area (Å²) >= 11 is 2.83. The lowest BCUT2D eigenvalue weighted by Gasteiger charge is -2.28. The van der Waals surface area contributed by atoms with Crippen LogP contribution in [0.3, 0.4) is 0 Å². The Balaban J connectivity index is 2.00. The number of carbonyl (C=O) groups excluding carboxylic acids is 1. The van der Waals surface area contributed by atoms with Crippen LogP contribution in [-0.4, -0.2) is 31.9 Å². The van der Waals surface area contributed by atoms with Crippen LogP contribution in [-0.2, 0) is 4.79 Å². The predicted octanol–water partition coefficient (Wildman–Crippen LogP) is 3.07. The van der Waals surface area contributed by atoms with Gasteiger partial charge in [0.1, 0.15) is 5.54 Å². The second kappa shape index (κ2) is 7.15. The number of hydrogen-bond acceptors (Lipinski definition) is 6. The van der Waals surface area contributed by atoms with E-state index in [9.17, 15) is 10.1 Å². The first-order chi connectivity index (χ1) is 10.9. The van der Waals surface area contributed by atoms with Crippen molar-refractivity contribution in [2.24, 2.45) is 5.92 Å². The number of aromatic amines is 1. The van der Waals surface area contributed by atoms with Gasteiger partial charge in [-0.1, -0.05) is 31.7 Å². The molecule has 1 amide bonds. The normalized spacial score (nSPS) is 15.0. The summed E-state index contributed by atoms with van der Waals surface area (Å²) in [5.74, 6) is 0.511. The van der Waals surface area contributed by atoms with E-state index in [-0.39, 0.29) is 11.8 Å². The first-order valence-corrected chi connectivity index (χ1v) is 8.98. The summed E-state index contributed by atoms with van der Waals surface area (Å²) in [6.45, 7) is 7.32. The summed E-state index contributed by atoms with van der Waals surface area (Å²) in [6.07, 6.45) is 0. The van der Waals surface area contributed by atoms with Crippen molar-refractivity contribution in [1.82, 2.24) is 20.5 Å². The van der Waals surface area contributed by atoms with E-state index in [4.69, 9.17) is 0 Å². The van der Waals surface area contributed by atoms with Crippen molar-refractivity contribution in [3.8, 4) is 16.8 Å². The number of carbonyl (C=O) groups is 1. The third-order valence-corrected chi connectivity index (χ3v) is 5.48. The molecule has 0 bridgehead atoms. The van der Waals surface area contributed by atoms with Crippen molar-refractivity contribution in [1.29, 1.82) is 5.26 Å². The fourth-order valence-corrected chi connectivity index (χ4v) is 3.08. The SMILES string of the molecule is CC(Sc1n[nH]c(-c2cccs2)n1)C(=O)NC(C)(C#N)C(C)C. The fourth-order valence-electron chi connectivity index (χ4n) is 1.69. The van der Waals surface area contributed by atoms with Gasteiger partial charge in [0.2, 0.25) is 11.1 Å². The Morgan fingerprint density at radius 3 is 2.83 bits per heavy atom. The van der Waals surface area contributed by atoms with Gasteiger partial charge in [-0.2, -0.15) is 5.26 Å². The Kier molecular flexibility index (Phi) is 5.44. The number of hydrogen-bond donors (Lipinski definition) is 2. The molecular weight excluding hydrogens is 330 g/mol. The minimum Gasteiger partial charge on any atom is -0.337 e. The van der Waals surface area contributed by atoms with E-state index in [2.05, 4.69) is 26.6 Å². The molecule has 2 atom stereocenters. The van der Waals surface area contributed by atoms with E-state index in [1.807, 2.05) is 31.4 Å². The van der Waals surface area contributed by atoms with E-state index in [0.717, 1.165) is 4.88 Å². The Labute approximate surface area is 143 Å². The molecule has 2 heterocycles. The lowest BCUT2D eigenvalue weighted by molar-refractivity contribution is -0.121. The Bertz CT molecular complexity index is 704. The highest BCUT2D eigenvalue weighted by Gasteiger charge is 2.32. The third-order valence-electron chi connectivity index (χ3n) is 3.64. The van der Waals surface area contributed by atoms with E-state index in [1.54, 1.807) is 25.2 Å². The van der Waals surface area contributed by atoms with Crippen LogP contribution in [0.15, 0.2) is 22.7 Å². The zero-order valence-electron chi connectivity index (χ0n) is 13.5. The Morgan fingerprint density at radius 2 is 2.26 bits per heavy atom. The van der Waals surface area contributed by atoms with E-state index in [1.165, 1.54) is 11.8 Å². The van der Waals surface area contributed by atoms with Gasteiger partial charge in [-0.3, -0.25) is 9.89 Å². The maximum Gasteiger partial charge on any atom is 0.234 e. The molecule has 122 valence electrons. The molecule has 0 aliphatic heterocycles. The van der Waals surface area contributed by atoms with Crippen LogP contribution in [0.5, 0.6) is 0 Å². The quantitative estimate of drug-likeness (QED) is 0.782. The standard InChI is InChI=1S/C15H19N5OS2/c1-9(2)15(4,8-16)18-13(21)10(3)23-14-17-12(19-20-14)11-6-5-7-22-11/h5-7,9-10H,1-4H3,(H,18,21)(H,17,19,20). The number of amides is 1. The zero-order chi connectivity index (χ0) is 17.0. The molecule has 2 N–H and O–H groups in total. The second-order valence-electron chi connectivity index (χ2n) is 5.66. The molecule has 0 radical (unpaired) electrons. The maximum atomic E-state index is 12.3. The van der Waals surface area contributed by atoms with Crippen LogP contribution in [0.2, 0.25) is 0 Å². The summed E-state index contributed by atoms with van der Waals surface area (Å²) in [6, 6.07) is 6.07. The number of rotatable bonds is 6. The molecule has 23 heavy (non-hydrogen) atoms. The van der Waals surface area contributed by atoms with Crippen LogP contribution >= 0.6 is 23.1 Å². The Hall–Kier alpha value is -1.85. The van der Waals surface area contributed by atoms with Crippen molar-refractivity contribution in [3.63, 3.8) is 0 Å². The molecule has 0 aliphatic rings. The van der Waals surface area contributed by atoms with E-state index in [0.29, 0.717) is 11.0 Å². The molecule has 0 saturated heterocycles. The number of thiophene rings is 1. The van der Waals surface area contributed by atoms with Gasteiger partial charge in [0.05, 0.1) is 16.2 Å². The lowest BCUT2D eigenvalue weighted by atomic mass is 9.90. The summed E-state index contributed by atoms with van der Waals surface area (Å²) in [5, 5.41) is 21.2. The van der Waals surface area contributed by atoms with Crippen molar-refractivity contribution in [3.05, 3.63) is 17.5 Å². The van der Waals surface area contributed by atoms with Gasteiger partial charge >= 0.3 is 0 Å². The van der Waals surface area contributed by atoms with Crippen LogP contribution < -0.4 is 5.32 Å². The highest BCUT2D eigenvalue weighted by Crippen LogP contribution is 2.26. The van der Waals surface area contributed by atoms with Gasteiger partial charge < -0.3 is 5.32 Å². The van der Waals surface area contributed by atoms with Crippen LogP contribution in [0.25, 0.3) is 10.7 Å². The molecule has 2 unspecified atom stereocenters. The number of thioether (sulfide) groups is 1. The average Bonchev–Trinajstić information content (AvgIpc) is 3.17. The van der Waals surface area contributed by atoms with Gasteiger partial charge in [-0.15, -0.1) is 16.4 Å². The first-order valence-electron chi connectivity index (χ1n) is 7.22. The third kappa shape index (κ3) is 4.12. The molecule has 6 nitrogen and oxygen atoms in total. The highest BCUT2D eigenvalue weighted by atomic mass is 32.2. The van der Waals surface area contributed by atoms with Gasteiger partial charge in [0.25, 0.3) is 0 Å². The minimum atomic E-state index is -0.882. The maximum absolute atomic E-state index is 12.3. The van der Waals surface area contributed by atoms with Gasteiger partial charge in [0.15, 0.2) is 5.82 Å². The van der Waals surface area contributed by atoms with Crippen molar-refractivity contribution >= 4 is 29.0 Å². The summed E-state index contributed by atoms with van der Waals surface area (Å²) in [5.41, 5.74) is -0.882. The number of nitrogens with one attached hydrogen (secondary N) is 2. The number of aromatic nitrogens is 3. The molecule has 0 saturated carbocycles. The fraction of sp³-hybridized carbons (Fsp3) is 0.467. The van der Waals surface area contributed by atoms with Gasteiger partial charge in [0, 0.05) is 0 Å². The second-order valence-corrected chi connectivity index (χ2v) is 7.92. The summed E-state index contributed by atoms with van der Waals surface area (Å²) in [4.78, 5) is 17.7. The van der Waals surface area contributed by atoms with Crippen LogP contribution in [0.1, 0.15) is 27.7 Å². The predicted molar refractivity (Wildman–Crippen MR) is 92.0 cm³/mol. The first kappa shape index (κ1) is 17.5. The lowest BCUT2D eigenvalue weighted by Crippen LogP contribution is -2.51. The molecule has 0 spiro atoms.